The van der Waals surface area contributed by atoms with E-state index in [2.05, 4.69) is 15.6 Å². The number of oxime groups is 1. The first-order valence-electron chi connectivity index (χ1n) is 7.71. The van der Waals surface area contributed by atoms with Gasteiger partial charge in [-0.15, -0.1) is 0 Å². The number of aromatic nitrogens is 2. The summed E-state index contributed by atoms with van der Waals surface area (Å²) in [5.41, 5.74) is 4.51. The van der Waals surface area contributed by atoms with Crippen molar-refractivity contribution in [1.82, 2.24) is 9.78 Å². The normalized spacial score (nSPS) is 16.8. The number of hydrogen-bond acceptors (Lipinski definition) is 4. The van der Waals surface area contributed by atoms with Crippen LogP contribution in [0.1, 0.15) is 30.2 Å². The molecule has 1 N–H and O–H groups in total. The number of rotatable bonds is 4. The minimum atomic E-state index is -0.601. The number of carbonyl (C=O) groups excluding carboxylic acids is 1. The standard InChI is InChI=1S/C17H20N4O2/c1-4-21-10-14(12(3)19-21)15-9-16(23-20-15)17(22)18-13-7-5-11(2)6-8-13/h5-8,10,16H,4,9H2,1-3H3,(H,18,22)/t16-/m1/s1. The summed E-state index contributed by atoms with van der Waals surface area (Å²) < 4.78 is 1.85. The molecule has 6 heteroatoms. The molecule has 0 saturated carbocycles. The van der Waals surface area contributed by atoms with Gasteiger partial charge < -0.3 is 10.2 Å². The Balaban J connectivity index is 1.65. The Bertz CT molecular complexity index is 746. The maximum atomic E-state index is 12.3. The lowest BCUT2D eigenvalue weighted by molar-refractivity contribution is -0.125. The van der Waals surface area contributed by atoms with Crippen LogP contribution in [0.3, 0.4) is 0 Å². The first-order valence-corrected chi connectivity index (χ1v) is 7.71. The van der Waals surface area contributed by atoms with Crippen molar-refractivity contribution in [3.63, 3.8) is 0 Å². The van der Waals surface area contributed by atoms with Crippen molar-refractivity contribution in [1.29, 1.82) is 0 Å². The zero-order valence-electron chi connectivity index (χ0n) is 13.5. The van der Waals surface area contributed by atoms with E-state index in [-0.39, 0.29) is 5.91 Å². The maximum absolute atomic E-state index is 12.3. The van der Waals surface area contributed by atoms with Crippen molar-refractivity contribution in [3.05, 3.63) is 47.3 Å². The summed E-state index contributed by atoms with van der Waals surface area (Å²) in [5.74, 6) is -0.187. The molecule has 1 atom stereocenters. The van der Waals surface area contributed by atoms with E-state index in [9.17, 15) is 4.79 Å². The van der Waals surface area contributed by atoms with Gasteiger partial charge in [-0.2, -0.15) is 5.10 Å². The molecule has 0 radical (unpaired) electrons. The summed E-state index contributed by atoms with van der Waals surface area (Å²) in [7, 11) is 0. The highest BCUT2D eigenvalue weighted by molar-refractivity contribution is 6.06. The fraction of sp³-hybridized carbons (Fsp3) is 0.353. The van der Waals surface area contributed by atoms with Crippen molar-refractivity contribution < 1.29 is 9.63 Å². The number of nitrogens with one attached hydrogen (secondary N) is 1. The monoisotopic (exact) mass is 312 g/mol. The predicted octanol–water partition coefficient (Wildman–Crippen LogP) is 2.65. The lowest BCUT2D eigenvalue weighted by atomic mass is 10.1. The Morgan fingerprint density at radius 2 is 2.09 bits per heavy atom. The van der Waals surface area contributed by atoms with Crippen LogP contribution >= 0.6 is 0 Å². The second-order valence-corrected chi connectivity index (χ2v) is 5.68. The molecule has 0 bridgehead atoms. The van der Waals surface area contributed by atoms with Gasteiger partial charge in [-0.3, -0.25) is 9.48 Å². The largest absolute Gasteiger partial charge is 0.382 e. The molecule has 23 heavy (non-hydrogen) atoms. The van der Waals surface area contributed by atoms with Gasteiger partial charge in [-0.05, 0) is 32.9 Å². The Morgan fingerprint density at radius 3 is 2.74 bits per heavy atom. The Hall–Kier alpha value is -2.63. The van der Waals surface area contributed by atoms with E-state index in [1.165, 1.54) is 0 Å². The molecule has 1 amide bonds. The highest BCUT2D eigenvalue weighted by Gasteiger charge is 2.30. The first-order chi connectivity index (χ1) is 11.1. The maximum Gasteiger partial charge on any atom is 0.268 e. The van der Waals surface area contributed by atoms with E-state index in [0.29, 0.717) is 6.42 Å². The van der Waals surface area contributed by atoms with Gasteiger partial charge in [0.2, 0.25) is 6.10 Å². The minimum absolute atomic E-state index is 0.187. The summed E-state index contributed by atoms with van der Waals surface area (Å²) in [6, 6.07) is 7.66. The van der Waals surface area contributed by atoms with Crippen LogP contribution in [0.2, 0.25) is 0 Å². The van der Waals surface area contributed by atoms with Crippen LogP contribution in [0.4, 0.5) is 5.69 Å². The zero-order valence-corrected chi connectivity index (χ0v) is 13.5. The van der Waals surface area contributed by atoms with Gasteiger partial charge in [0.1, 0.15) is 0 Å². The van der Waals surface area contributed by atoms with Crippen LogP contribution in [0.25, 0.3) is 0 Å². The molecule has 0 spiro atoms. The third-order valence-electron chi connectivity index (χ3n) is 3.86. The Morgan fingerprint density at radius 1 is 1.35 bits per heavy atom. The Kier molecular flexibility index (Phi) is 4.14. The first kappa shape index (κ1) is 15.3. The fourth-order valence-electron chi connectivity index (χ4n) is 2.50. The highest BCUT2D eigenvalue weighted by Crippen LogP contribution is 2.20. The quantitative estimate of drug-likeness (QED) is 0.943. The van der Waals surface area contributed by atoms with Crippen LogP contribution in [0.5, 0.6) is 0 Å². The topological polar surface area (TPSA) is 68.5 Å². The average molecular weight is 312 g/mol. The van der Waals surface area contributed by atoms with E-state index in [4.69, 9.17) is 4.84 Å². The number of anilines is 1. The lowest BCUT2D eigenvalue weighted by Crippen LogP contribution is -2.28. The molecule has 0 unspecified atom stereocenters. The molecule has 0 fully saturated rings. The summed E-state index contributed by atoms with van der Waals surface area (Å²) in [5, 5.41) is 11.3. The number of hydrogen-bond donors (Lipinski definition) is 1. The van der Waals surface area contributed by atoms with Crippen LogP contribution in [-0.2, 0) is 16.2 Å². The molecule has 0 saturated heterocycles. The SMILES string of the molecule is CCn1cc(C2=NO[C@@H](C(=O)Nc3ccc(C)cc3)C2)c(C)n1. The molecule has 120 valence electrons. The minimum Gasteiger partial charge on any atom is -0.382 e. The summed E-state index contributed by atoms with van der Waals surface area (Å²) >= 11 is 0. The number of amides is 1. The predicted molar refractivity (Wildman–Crippen MR) is 88.5 cm³/mol. The van der Waals surface area contributed by atoms with Crippen molar-refractivity contribution in [2.75, 3.05) is 5.32 Å². The smallest absolute Gasteiger partial charge is 0.268 e. The number of aryl methyl sites for hydroxylation is 3. The van der Waals surface area contributed by atoms with E-state index < -0.39 is 6.10 Å². The van der Waals surface area contributed by atoms with E-state index in [0.717, 1.165) is 34.8 Å². The molecule has 3 rings (SSSR count). The van der Waals surface area contributed by atoms with Crippen molar-refractivity contribution in [2.24, 2.45) is 5.16 Å². The number of nitrogens with zero attached hydrogens (tertiary/aromatic N) is 3. The second-order valence-electron chi connectivity index (χ2n) is 5.68. The van der Waals surface area contributed by atoms with Gasteiger partial charge in [0.05, 0.1) is 11.4 Å². The summed E-state index contributed by atoms with van der Waals surface area (Å²) in [6.07, 6.45) is 1.79. The van der Waals surface area contributed by atoms with Gasteiger partial charge in [0.15, 0.2) is 0 Å². The van der Waals surface area contributed by atoms with Gasteiger partial charge in [0.25, 0.3) is 5.91 Å². The molecule has 1 aromatic heterocycles. The molecule has 1 aromatic carbocycles. The Labute approximate surface area is 135 Å². The van der Waals surface area contributed by atoms with Gasteiger partial charge in [-0.1, -0.05) is 22.9 Å². The lowest BCUT2D eigenvalue weighted by Gasteiger charge is -2.09. The molecule has 1 aliphatic heterocycles. The van der Waals surface area contributed by atoms with E-state index >= 15 is 0 Å². The fourth-order valence-corrected chi connectivity index (χ4v) is 2.50. The molecule has 0 aliphatic carbocycles. The zero-order chi connectivity index (χ0) is 16.4. The highest BCUT2D eigenvalue weighted by atomic mass is 16.6. The van der Waals surface area contributed by atoms with Crippen LogP contribution in [0, 0.1) is 13.8 Å². The van der Waals surface area contributed by atoms with Crippen LogP contribution in [-0.4, -0.2) is 27.5 Å². The number of benzene rings is 1. The summed E-state index contributed by atoms with van der Waals surface area (Å²) in [4.78, 5) is 17.6. The molecule has 6 nitrogen and oxygen atoms in total. The average Bonchev–Trinajstić information content (AvgIpc) is 3.16. The summed E-state index contributed by atoms with van der Waals surface area (Å²) in [6.45, 7) is 6.77. The van der Waals surface area contributed by atoms with E-state index in [1.54, 1.807) is 0 Å². The third kappa shape index (κ3) is 3.26. The molecule has 1 aliphatic rings. The van der Waals surface area contributed by atoms with Crippen molar-refractivity contribution >= 4 is 17.3 Å². The van der Waals surface area contributed by atoms with E-state index in [1.807, 2.05) is 55.9 Å². The molecular formula is C17H20N4O2. The second kappa shape index (κ2) is 6.24. The van der Waals surface area contributed by atoms with Crippen molar-refractivity contribution in [2.45, 2.75) is 39.8 Å². The van der Waals surface area contributed by atoms with Gasteiger partial charge in [-0.25, -0.2) is 0 Å². The van der Waals surface area contributed by atoms with Gasteiger partial charge in [0, 0.05) is 30.4 Å². The third-order valence-corrected chi connectivity index (χ3v) is 3.86. The van der Waals surface area contributed by atoms with Crippen LogP contribution < -0.4 is 5.32 Å². The molecule has 2 aromatic rings. The number of carbonyl (C=O) groups is 1. The molecule has 2 heterocycles. The van der Waals surface area contributed by atoms with Gasteiger partial charge >= 0.3 is 0 Å². The van der Waals surface area contributed by atoms with Crippen LogP contribution in [0.15, 0.2) is 35.6 Å². The van der Waals surface area contributed by atoms with Crippen molar-refractivity contribution in [3.8, 4) is 0 Å². The molecular weight excluding hydrogens is 292 g/mol.